The average molecular weight is 744 g/mol. The first-order valence-corrected chi connectivity index (χ1v) is 19.8. The van der Waals surface area contributed by atoms with Gasteiger partial charge in [-0.2, -0.15) is 0 Å². The molecule has 2 heterocycles. The van der Waals surface area contributed by atoms with Gasteiger partial charge >= 0.3 is 0 Å². The van der Waals surface area contributed by atoms with Crippen LogP contribution in [0.25, 0.3) is 101 Å². The zero-order valence-electron chi connectivity index (χ0n) is 32.1. The molecule has 0 amide bonds. The highest BCUT2D eigenvalue weighted by atomic mass is 16.3. The molecule has 0 unspecified atom stereocenters. The fourth-order valence-electron chi connectivity index (χ4n) is 8.91. The van der Waals surface area contributed by atoms with Gasteiger partial charge in [-0.1, -0.05) is 184 Å². The van der Waals surface area contributed by atoms with Crippen molar-refractivity contribution >= 4 is 21.9 Å². The van der Waals surface area contributed by atoms with Crippen molar-refractivity contribution in [1.82, 2.24) is 15.0 Å². The van der Waals surface area contributed by atoms with Crippen molar-refractivity contribution in [2.45, 2.75) is 19.3 Å². The van der Waals surface area contributed by atoms with Crippen LogP contribution < -0.4 is 0 Å². The Morgan fingerprint density at radius 2 is 0.897 bits per heavy atom. The van der Waals surface area contributed by atoms with Crippen LogP contribution in [0.15, 0.2) is 192 Å². The van der Waals surface area contributed by atoms with Crippen molar-refractivity contribution in [2.75, 3.05) is 0 Å². The van der Waals surface area contributed by atoms with Crippen molar-refractivity contribution in [3.8, 4) is 78.7 Å². The summed E-state index contributed by atoms with van der Waals surface area (Å²) >= 11 is 0. The molecule has 0 fully saturated rings. The lowest BCUT2D eigenvalue weighted by Gasteiger charge is -2.21. The number of benzene rings is 8. The number of aromatic nitrogens is 3. The summed E-state index contributed by atoms with van der Waals surface area (Å²) in [4.78, 5) is 15.7. The van der Waals surface area contributed by atoms with Gasteiger partial charge in [0.1, 0.15) is 11.2 Å². The Bertz CT molecular complexity index is 3180. The van der Waals surface area contributed by atoms with E-state index in [1.165, 1.54) is 27.8 Å². The standard InChI is InChI=1S/C54H37N3O/c1-54(2)45-24-12-11-21-42(45)49-40(22-13-25-46(49)54)38-31-32-47-44(33-38)50-43(23-14-26-48(50)58-47)53-56-51(37-29-27-35(28-30-37)34-15-5-3-6-16-34)55-52(57-53)41-20-10-9-19-39(41)36-17-7-4-8-18-36/h3-33H,1-2H3. The Balaban J connectivity index is 1.11. The second kappa shape index (κ2) is 13.4. The normalized spacial score (nSPS) is 12.8. The first-order valence-electron chi connectivity index (χ1n) is 19.8. The van der Waals surface area contributed by atoms with E-state index in [0.29, 0.717) is 17.5 Å². The maximum absolute atomic E-state index is 6.58. The van der Waals surface area contributed by atoms with Gasteiger partial charge in [0.25, 0.3) is 0 Å². The molecule has 4 nitrogen and oxygen atoms in total. The SMILES string of the molecule is CC1(C)c2ccccc2-c2c(-c3ccc4oc5cccc(-c6nc(-c7ccc(-c8ccccc8)cc7)nc(-c7ccccc7-c7ccccc7)n6)c5c4c3)cccc21. The molecule has 4 heteroatoms. The molecule has 10 aromatic rings. The van der Waals surface area contributed by atoms with E-state index in [0.717, 1.165) is 66.4 Å². The van der Waals surface area contributed by atoms with Crippen LogP contribution in [0.2, 0.25) is 0 Å². The van der Waals surface area contributed by atoms with E-state index in [1.54, 1.807) is 0 Å². The Labute approximate surface area is 337 Å². The molecule has 1 aliphatic carbocycles. The van der Waals surface area contributed by atoms with Gasteiger partial charge in [-0.15, -0.1) is 0 Å². The lowest BCUT2D eigenvalue weighted by Crippen LogP contribution is -2.14. The molecule has 0 saturated carbocycles. The topological polar surface area (TPSA) is 51.8 Å². The third kappa shape index (κ3) is 5.48. The van der Waals surface area contributed by atoms with Crippen molar-refractivity contribution in [3.63, 3.8) is 0 Å². The summed E-state index contributed by atoms with van der Waals surface area (Å²) in [5.74, 6) is 1.80. The maximum Gasteiger partial charge on any atom is 0.164 e. The van der Waals surface area contributed by atoms with Crippen molar-refractivity contribution < 1.29 is 4.42 Å². The summed E-state index contributed by atoms with van der Waals surface area (Å²) in [5, 5.41) is 2.00. The van der Waals surface area contributed by atoms with Crippen molar-refractivity contribution in [2.24, 2.45) is 0 Å². The van der Waals surface area contributed by atoms with Crippen LogP contribution in [0.5, 0.6) is 0 Å². The smallest absolute Gasteiger partial charge is 0.164 e. The van der Waals surface area contributed by atoms with E-state index in [1.807, 2.05) is 30.3 Å². The fourth-order valence-corrected chi connectivity index (χ4v) is 8.91. The van der Waals surface area contributed by atoms with E-state index in [-0.39, 0.29) is 5.41 Å². The van der Waals surface area contributed by atoms with E-state index in [2.05, 4.69) is 172 Å². The summed E-state index contributed by atoms with van der Waals surface area (Å²) < 4.78 is 6.58. The highest BCUT2D eigenvalue weighted by Gasteiger charge is 2.36. The van der Waals surface area contributed by atoms with Gasteiger partial charge in [0.15, 0.2) is 17.5 Å². The first kappa shape index (κ1) is 33.9. The molecule has 8 aromatic carbocycles. The molecule has 0 radical (unpaired) electrons. The predicted octanol–water partition coefficient (Wildman–Crippen LogP) is 14.1. The summed E-state index contributed by atoms with van der Waals surface area (Å²) in [6, 6.07) is 65.9. The summed E-state index contributed by atoms with van der Waals surface area (Å²) in [6.45, 7) is 4.65. The molecule has 11 rings (SSSR count). The fraction of sp³-hybridized carbons (Fsp3) is 0.0556. The van der Waals surface area contributed by atoms with E-state index >= 15 is 0 Å². The lowest BCUT2D eigenvalue weighted by molar-refractivity contribution is 0.660. The molecule has 1 aliphatic rings. The van der Waals surface area contributed by atoms with Crippen LogP contribution in [0.3, 0.4) is 0 Å². The third-order valence-electron chi connectivity index (χ3n) is 11.8. The first-order chi connectivity index (χ1) is 28.5. The summed E-state index contributed by atoms with van der Waals surface area (Å²) in [6.07, 6.45) is 0. The van der Waals surface area contributed by atoms with Crippen LogP contribution in [0.1, 0.15) is 25.0 Å². The molecule has 0 aliphatic heterocycles. The Morgan fingerprint density at radius 3 is 1.67 bits per heavy atom. The molecule has 274 valence electrons. The second-order valence-corrected chi connectivity index (χ2v) is 15.6. The van der Waals surface area contributed by atoms with Gasteiger partial charge in [0, 0.05) is 32.9 Å². The molecular formula is C54H37N3O. The van der Waals surface area contributed by atoms with E-state index < -0.39 is 0 Å². The molecule has 0 N–H and O–H groups in total. The quantitative estimate of drug-likeness (QED) is 0.170. The minimum Gasteiger partial charge on any atom is -0.456 e. The lowest BCUT2D eigenvalue weighted by atomic mass is 9.82. The Hall–Kier alpha value is -7.43. The Morgan fingerprint density at radius 1 is 0.362 bits per heavy atom. The van der Waals surface area contributed by atoms with E-state index in [9.17, 15) is 0 Å². The van der Waals surface area contributed by atoms with E-state index in [4.69, 9.17) is 19.4 Å². The number of hydrogen-bond donors (Lipinski definition) is 0. The molecule has 58 heavy (non-hydrogen) atoms. The van der Waals surface area contributed by atoms with Gasteiger partial charge in [-0.25, -0.2) is 15.0 Å². The molecule has 2 aromatic heterocycles. The summed E-state index contributed by atoms with van der Waals surface area (Å²) in [7, 11) is 0. The molecule has 0 spiro atoms. The van der Waals surface area contributed by atoms with Crippen LogP contribution in [0.4, 0.5) is 0 Å². The highest BCUT2D eigenvalue weighted by molar-refractivity contribution is 6.13. The number of nitrogens with zero attached hydrogens (tertiary/aromatic N) is 3. The van der Waals surface area contributed by atoms with Gasteiger partial charge < -0.3 is 4.42 Å². The Kier molecular flexibility index (Phi) is 7.80. The van der Waals surface area contributed by atoms with Crippen LogP contribution in [-0.4, -0.2) is 15.0 Å². The summed E-state index contributed by atoms with van der Waals surface area (Å²) in [5.41, 5.74) is 16.4. The third-order valence-corrected chi connectivity index (χ3v) is 11.8. The minimum atomic E-state index is -0.0867. The molecule has 0 saturated heterocycles. The number of rotatable bonds is 6. The predicted molar refractivity (Wildman–Crippen MR) is 237 cm³/mol. The zero-order chi connectivity index (χ0) is 38.8. The molecule has 0 atom stereocenters. The van der Waals surface area contributed by atoms with Crippen molar-refractivity contribution in [1.29, 1.82) is 0 Å². The van der Waals surface area contributed by atoms with Crippen molar-refractivity contribution in [3.05, 3.63) is 199 Å². The maximum atomic E-state index is 6.58. The minimum absolute atomic E-state index is 0.0867. The van der Waals surface area contributed by atoms with Crippen LogP contribution in [0, 0.1) is 0 Å². The van der Waals surface area contributed by atoms with Gasteiger partial charge in [0.05, 0.1) is 0 Å². The number of fused-ring (bicyclic) bond motifs is 6. The zero-order valence-corrected chi connectivity index (χ0v) is 32.1. The highest BCUT2D eigenvalue weighted by Crippen LogP contribution is 2.52. The monoisotopic (exact) mass is 743 g/mol. The molecule has 0 bridgehead atoms. The number of hydrogen-bond acceptors (Lipinski definition) is 4. The largest absolute Gasteiger partial charge is 0.456 e. The second-order valence-electron chi connectivity index (χ2n) is 15.6. The van der Waals surface area contributed by atoms with Gasteiger partial charge in [-0.3, -0.25) is 0 Å². The number of furan rings is 1. The molecular weight excluding hydrogens is 707 g/mol. The van der Waals surface area contributed by atoms with Gasteiger partial charge in [-0.05, 0) is 73.8 Å². The average Bonchev–Trinajstić information content (AvgIpc) is 3.78. The van der Waals surface area contributed by atoms with Gasteiger partial charge in [0.2, 0.25) is 0 Å². The van der Waals surface area contributed by atoms with Crippen LogP contribution >= 0.6 is 0 Å². The van der Waals surface area contributed by atoms with Crippen LogP contribution in [-0.2, 0) is 5.41 Å².